The summed E-state index contributed by atoms with van der Waals surface area (Å²) in [5.41, 5.74) is -0.956. The maximum absolute atomic E-state index is 10.8. The number of nitrogens with zero attached hydrogens (tertiary/aromatic N) is 5. The molecule has 0 saturated carbocycles. The van der Waals surface area contributed by atoms with Crippen molar-refractivity contribution in [3.05, 3.63) is 118 Å². The molecular weight excluding hydrogens is 446 g/mol. The van der Waals surface area contributed by atoms with Crippen LogP contribution < -0.4 is 4.73 Å². The molecule has 0 amide bonds. The van der Waals surface area contributed by atoms with Crippen molar-refractivity contribution in [1.29, 1.82) is 0 Å². The Morgan fingerprint density at radius 1 is 0.667 bits per heavy atom. The van der Waals surface area contributed by atoms with Gasteiger partial charge in [-0.05, 0) is 17.5 Å². The van der Waals surface area contributed by atoms with Crippen LogP contribution in [-0.4, -0.2) is 24.8 Å². The highest BCUT2D eigenvalue weighted by Crippen LogP contribution is 2.38. The predicted molar refractivity (Wildman–Crippen MR) is 109 cm³/mol. The Labute approximate surface area is 183 Å². The van der Waals surface area contributed by atoms with Gasteiger partial charge >= 0.3 is 11.4 Å². The Hall–Kier alpha value is -5.21. The zero-order valence-corrected chi connectivity index (χ0v) is 16.3. The number of phenols is 1. The number of rotatable bonds is 6. The molecular formula is C18H13N5O10. The normalized spacial score (nSPS) is 9.94. The van der Waals surface area contributed by atoms with Crippen LogP contribution in [0.5, 0.6) is 5.75 Å². The monoisotopic (exact) mass is 459 g/mol. The van der Waals surface area contributed by atoms with Crippen molar-refractivity contribution in [2.45, 2.75) is 6.42 Å². The fraction of sp³-hybridized carbons (Fsp3) is 0.0556. The van der Waals surface area contributed by atoms with Crippen molar-refractivity contribution in [3.8, 4) is 5.75 Å². The Morgan fingerprint density at radius 2 is 1.09 bits per heavy atom. The van der Waals surface area contributed by atoms with Crippen LogP contribution in [0.3, 0.4) is 0 Å². The average Bonchev–Trinajstić information content (AvgIpc) is 2.75. The number of pyridine rings is 1. The molecule has 1 heterocycles. The number of non-ortho nitro benzene ring substituents is 2. The van der Waals surface area contributed by atoms with Gasteiger partial charge in [-0.1, -0.05) is 12.1 Å². The quantitative estimate of drug-likeness (QED) is 0.245. The molecule has 15 heteroatoms. The van der Waals surface area contributed by atoms with Crippen molar-refractivity contribution in [2.24, 2.45) is 0 Å². The number of nitro groups is 4. The highest BCUT2D eigenvalue weighted by atomic mass is 16.6. The smallest absolute Gasteiger partial charge is 0.324 e. The predicted octanol–water partition coefficient (Wildman–Crippen LogP) is 2.94. The lowest BCUT2D eigenvalue weighted by atomic mass is 10.1. The van der Waals surface area contributed by atoms with Gasteiger partial charge in [-0.2, -0.15) is 4.73 Å². The van der Waals surface area contributed by atoms with E-state index in [9.17, 15) is 45.7 Å². The van der Waals surface area contributed by atoms with Gasteiger partial charge in [0.15, 0.2) is 12.4 Å². The van der Waals surface area contributed by atoms with E-state index in [0.717, 1.165) is 15.9 Å². The Morgan fingerprint density at radius 3 is 1.48 bits per heavy atom. The number of benzene rings is 2. The molecule has 0 fully saturated rings. The van der Waals surface area contributed by atoms with E-state index < -0.39 is 42.5 Å². The third-order valence-corrected chi connectivity index (χ3v) is 4.09. The van der Waals surface area contributed by atoms with Crippen LogP contribution in [0.25, 0.3) is 0 Å². The minimum absolute atomic E-state index is 0.0826. The molecule has 2 aromatic carbocycles. The standard InChI is InChI=1S/C12H10N2O3.C6H3N3O7/c15-13-7-5-11(6-8-13)9-10-1-3-12(4-2-10)14(16)17;10-6-4(8(13)14)1-3(7(11)12)2-5(6)9(15)16/h1-8H,9H2;1-2,10H. The first-order valence-electron chi connectivity index (χ1n) is 8.70. The summed E-state index contributed by atoms with van der Waals surface area (Å²) in [6, 6.07) is 10.7. The second kappa shape index (κ2) is 10.2. The summed E-state index contributed by atoms with van der Waals surface area (Å²) >= 11 is 0. The lowest BCUT2D eigenvalue weighted by Gasteiger charge is -2.01. The minimum atomic E-state index is -1.21. The summed E-state index contributed by atoms with van der Waals surface area (Å²) in [5, 5.41) is 61.5. The zero-order valence-electron chi connectivity index (χ0n) is 16.3. The fourth-order valence-corrected chi connectivity index (χ4v) is 2.51. The fourth-order valence-electron chi connectivity index (χ4n) is 2.51. The van der Waals surface area contributed by atoms with E-state index in [0.29, 0.717) is 18.6 Å². The van der Waals surface area contributed by atoms with Crippen molar-refractivity contribution in [2.75, 3.05) is 0 Å². The maximum Gasteiger partial charge on any atom is 0.324 e. The molecule has 1 aromatic heterocycles. The summed E-state index contributed by atoms with van der Waals surface area (Å²) in [7, 11) is 0. The van der Waals surface area contributed by atoms with Crippen LogP contribution in [0, 0.1) is 45.7 Å². The highest BCUT2D eigenvalue weighted by molar-refractivity contribution is 5.64. The van der Waals surface area contributed by atoms with Gasteiger partial charge in [0, 0.05) is 24.3 Å². The van der Waals surface area contributed by atoms with Gasteiger partial charge in [0.05, 0.1) is 31.8 Å². The topological polar surface area (TPSA) is 220 Å². The number of hydrogen-bond donors (Lipinski definition) is 1. The molecule has 0 unspecified atom stereocenters. The molecule has 170 valence electrons. The van der Waals surface area contributed by atoms with Gasteiger partial charge in [-0.25, -0.2) is 0 Å². The molecule has 3 aromatic rings. The van der Waals surface area contributed by atoms with Crippen LogP contribution in [0.4, 0.5) is 22.7 Å². The SMILES string of the molecule is O=[N+]([O-])c1cc([N+](=O)[O-])c(O)c([N+](=O)[O-])c1.O=[N+]([O-])c1ccc(Cc2cc[n+]([O-])cc2)cc1. The molecule has 0 radical (unpaired) electrons. The molecule has 0 saturated heterocycles. The lowest BCUT2D eigenvalue weighted by molar-refractivity contribution is -0.605. The first-order valence-corrected chi connectivity index (χ1v) is 8.70. The zero-order chi connectivity index (χ0) is 24.7. The van der Waals surface area contributed by atoms with Crippen molar-refractivity contribution in [3.63, 3.8) is 0 Å². The Balaban J connectivity index is 0.000000234. The first-order chi connectivity index (χ1) is 15.5. The van der Waals surface area contributed by atoms with E-state index in [1.165, 1.54) is 24.5 Å². The molecule has 0 bridgehead atoms. The van der Waals surface area contributed by atoms with Crippen LogP contribution >= 0.6 is 0 Å². The lowest BCUT2D eigenvalue weighted by Crippen LogP contribution is -2.23. The number of hydrogen-bond acceptors (Lipinski definition) is 10. The van der Waals surface area contributed by atoms with Gasteiger partial charge in [-0.3, -0.25) is 40.5 Å². The van der Waals surface area contributed by atoms with E-state index in [1.807, 2.05) is 0 Å². The maximum atomic E-state index is 10.8. The van der Waals surface area contributed by atoms with Gasteiger partial charge in [0.1, 0.15) is 0 Å². The second-order valence-electron chi connectivity index (χ2n) is 6.27. The number of nitro benzene ring substituents is 4. The number of aromatic nitrogens is 1. The van der Waals surface area contributed by atoms with Crippen molar-refractivity contribution in [1.82, 2.24) is 0 Å². The van der Waals surface area contributed by atoms with Crippen LogP contribution in [-0.2, 0) is 6.42 Å². The van der Waals surface area contributed by atoms with Gasteiger partial charge < -0.3 is 10.3 Å². The molecule has 0 atom stereocenters. The summed E-state index contributed by atoms with van der Waals surface area (Å²) in [5.74, 6) is -1.21. The van der Waals surface area contributed by atoms with Crippen LogP contribution in [0.1, 0.15) is 11.1 Å². The minimum Gasteiger partial charge on any atom is -0.619 e. The molecule has 0 aliphatic heterocycles. The summed E-state index contributed by atoms with van der Waals surface area (Å²) in [6.07, 6.45) is 3.51. The molecule has 1 N–H and O–H groups in total. The Kier molecular flexibility index (Phi) is 7.44. The van der Waals surface area contributed by atoms with Gasteiger partial charge in [0.25, 0.3) is 17.1 Å². The third-order valence-electron chi connectivity index (χ3n) is 4.09. The van der Waals surface area contributed by atoms with E-state index in [2.05, 4.69) is 0 Å². The summed E-state index contributed by atoms with van der Waals surface area (Å²) < 4.78 is 0.722. The summed E-state index contributed by atoms with van der Waals surface area (Å²) in [4.78, 5) is 37.8. The van der Waals surface area contributed by atoms with E-state index in [1.54, 1.807) is 24.3 Å². The molecule has 0 spiro atoms. The number of aromatic hydroxyl groups is 1. The molecule has 0 aliphatic carbocycles. The van der Waals surface area contributed by atoms with Crippen LogP contribution in [0.2, 0.25) is 0 Å². The molecule has 33 heavy (non-hydrogen) atoms. The molecule has 0 aliphatic rings. The van der Waals surface area contributed by atoms with Gasteiger partial charge in [0.2, 0.25) is 0 Å². The second-order valence-corrected chi connectivity index (χ2v) is 6.27. The average molecular weight is 459 g/mol. The van der Waals surface area contributed by atoms with Gasteiger partial charge in [-0.15, -0.1) is 0 Å². The number of phenolic OH excluding ortho intramolecular Hbond substituents is 1. The van der Waals surface area contributed by atoms with Crippen molar-refractivity contribution < 1.29 is 29.5 Å². The van der Waals surface area contributed by atoms with Crippen LogP contribution in [0.15, 0.2) is 60.9 Å². The molecule has 15 nitrogen and oxygen atoms in total. The molecule has 3 rings (SSSR count). The van der Waals surface area contributed by atoms with E-state index in [4.69, 9.17) is 5.11 Å². The highest BCUT2D eigenvalue weighted by Gasteiger charge is 2.30. The summed E-state index contributed by atoms with van der Waals surface area (Å²) in [6.45, 7) is 0. The third kappa shape index (κ3) is 6.38. The Bertz CT molecular complexity index is 1180. The van der Waals surface area contributed by atoms with E-state index in [-0.39, 0.29) is 5.69 Å². The van der Waals surface area contributed by atoms with Crippen molar-refractivity contribution >= 4 is 22.7 Å². The van der Waals surface area contributed by atoms with E-state index >= 15 is 0 Å². The first kappa shape index (κ1) is 24.1. The largest absolute Gasteiger partial charge is 0.619 e.